The smallest absolute Gasteiger partial charge is 0.326 e. The van der Waals surface area contributed by atoms with Crippen LogP contribution in [0.5, 0.6) is 0 Å². The minimum absolute atomic E-state index is 0.131. The largest absolute Gasteiger partial charge is 0.461 e. The highest BCUT2D eigenvalue weighted by Gasteiger charge is 2.27. The number of ether oxygens (including phenoxy) is 4. The lowest BCUT2D eigenvalue weighted by Crippen LogP contribution is -2.40. The molecule has 0 aromatic heterocycles. The quantitative estimate of drug-likeness (QED) is 0.0246. The van der Waals surface area contributed by atoms with Gasteiger partial charge in [0.2, 0.25) is 0 Å². The zero-order valence-electron chi connectivity index (χ0n) is 59.8. The van der Waals surface area contributed by atoms with E-state index in [2.05, 4.69) is 50.5 Å². The summed E-state index contributed by atoms with van der Waals surface area (Å²) < 4.78 is 23.9. The second kappa shape index (κ2) is 64.9. The van der Waals surface area contributed by atoms with E-state index in [0.717, 1.165) is 179 Å². The summed E-state index contributed by atoms with van der Waals surface area (Å²) in [6.07, 6.45) is 52.3. The van der Waals surface area contributed by atoms with Gasteiger partial charge < -0.3 is 38.5 Å². The third-order valence-electron chi connectivity index (χ3n) is 16.7. The predicted octanol–water partition coefficient (Wildman–Crippen LogP) is 19.9. The first kappa shape index (κ1) is 87.2. The first-order valence-electron chi connectivity index (χ1n) is 37.2. The lowest BCUT2D eigenvalue weighted by Gasteiger charge is -2.25. The molecule has 0 aliphatic carbocycles. The number of carbonyl (C=O) groups is 6. The predicted molar refractivity (Wildman–Crippen MR) is 382 cm³/mol. The lowest BCUT2D eigenvalue weighted by molar-refractivity contribution is -0.154. The van der Waals surface area contributed by atoms with E-state index >= 15 is 0 Å². The van der Waals surface area contributed by atoms with Gasteiger partial charge in [-0.1, -0.05) is 256 Å². The van der Waals surface area contributed by atoms with E-state index in [1.807, 2.05) is 34.3 Å². The number of allylic oxidation sites excluding steroid dienone is 1. The maximum absolute atomic E-state index is 13.7. The van der Waals surface area contributed by atoms with Crippen molar-refractivity contribution in [2.45, 2.75) is 342 Å². The molecule has 0 aromatic rings. The van der Waals surface area contributed by atoms with Gasteiger partial charge in [0.25, 0.3) is 10.5 Å². The van der Waals surface area contributed by atoms with Gasteiger partial charge in [0, 0.05) is 11.5 Å². The van der Waals surface area contributed by atoms with Crippen molar-refractivity contribution < 1.29 is 47.7 Å². The minimum atomic E-state index is -0.531. The Balaban J connectivity index is 5.07. The SMILES string of the molecule is CCCCCCCC(CCCCCCC)OC(=O)CN(CC(=O)OC/C=C\CCCCCCCCCCCCCC(CCCCCCC)OC(=O)CN(CC(=O)OC(CCCCCCC)CCCCCCC)C(=O)SCCCN(C)C)C(=O)SCCCN(C)C. The van der Waals surface area contributed by atoms with Gasteiger partial charge in [-0.2, -0.15) is 0 Å². The molecule has 14 nitrogen and oxygen atoms in total. The molecule has 0 saturated heterocycles. The van der Waals surface area contributed by atoms with E-state index < -0.39 is 23.9 Å². The van der Waals surface area contributed by atoms with Crippen molar-refractivity contribution >= 4 is 57.9 Å². The van der Waals surface area contributed by atoms with Crippen LogP contribution in [0.1, 0.15) is 324 Å². The molecule has 0 aliphatic heterocycles. The summed E-state index contributed by atoms with van der Waals surface area (Å²) in [4.78, 5) is 87.6. The molecule has 0 aliphatic rings. The second-order valence-corrected chi connectivity index (χ2v) is 28.3. The van der Waals surface area contributed by atoms with Crippen LogP contribution in [0.4, 0.5) is 9.59 Å². The van der Waals surface area contributed by atoms with E-state index in [-0.39, 0.29) is 61.6 Å². The Morgan fingerprint density at radius 2 is 0.578 bits per heavy atom. The Labute approximate surface area is 561 Å². The zero-order chi connectivity index (χ0) is 66.3. The molecule has 16 heteroatoms. The van der Waals surface area contributed by atoms with Crippen LogP contribution in [0.2, 0.25) is 0 Å². The summed E-state index contributed by atoms with van der Waals surface area (Å²) in [5.74, 6) is -0.665. The molecule has 0 bridgehead atoms. The molecule has 90 heavy (non-hydrogen) atoms. The number of amides is 2. The number of nitrogens with zero attached hydrogens (tertiary/aromatic N) is 4. The Morgan fingerprint density at radius 1 is 0.322 bits per heavy atom. The summed E-state index contributed by atoms with van der Waals surface area (Å²) in [6, 6.07) is 0. The molecule has 0 saturated carbocycles. The van der Waals surface area contributed by atoms with Crippen LogP contribution in [0.25, 0.3) is 0 Å². The van der Waals surface area contributed by atoms with Crippen molar-refractivity contribution in [3.63, 3.8) is 0 Å². The average Bonchev–Trinajstić information content (AvgIpc) is 3.56. The number of rotatable bonds is 65. The highest BCUT2D eigenvalue weighted by molar-refractivity contribution is 8.13. The number of hydrogen-bond donors (Lipinski definition) is 0. The van der Waals surface area contributed by atoms with Crippen molar-refractivity contribution in [3.05, 3.63) is 12.2 Å². The number of hydrogen-bond acceptors (Lipinski definition) is 14. The lowest BCUT2D eigenvalue weighted by atomic mass is 10.0. The number of esters is 4. The molecule has 0 radical (unpaired) electrons. The molecular formula is C74H140N4O10S2. The third kappa shape index (κ3) is 57.8. The molecule has 2 amide bonds. The molecule has 0 aromatic carbocycles. The van der Waals surface area contributed by atoms with Crippen molar-refractivity contribution in [2.24, 2.45) is 0 Å². The Bertz CT molecular complexity index is 1710. The standard InChI is InChI=1S/C74H140N4O10S2/c1-10-15-20-35-42-51-66(52-43-36-21-16-11-2)86-70(80)63-77(73(83)89-60-49-57-75(6)7)62-69(79)85-59-48-41-34-32-30-28-26-25-27-29-31-33-40-47-56-68(55-46-39-24-19-14-5)88-72(82)65-78(74(84)90-61-50-58-76(8)9)64-71(81)87-67(53-44-37-22-17-12-3)54-45-38-23-18-13-4/h41,48,66-68H,10-40,42-47,49-65H2,1-9H3/b48-41-. The third-order valence-corrected chi connectivity index (χ3v) is 18.7. The first-order chi connectivity index (χ1) is 43.7. The summed E-state index contributed by atoms with van der Waals surface area (Å²) in [5.41, 5.74) is 0. The van der Waals surface area contributed by atoms with Gasteiger partial charge in [0.15, 0.2) is 0 Å². The summed E-state index contributed by atoms with van der Waals surface area (Å²) >= 11 is 2.31. The Morgan fingerprint density at radius 3 is 0.856 bits per heavy atom. The molecule has 528 valence electrons. The second-order valence-electron chi connectivity index (χ2n) is 26.2. The van der Waals surface area contributed by atoms with Gasteiger partial charge in [0.05, 0.1) is 0 Å². The molecule has 0 spiro atoms. The minimum Gasteiger partial charge on any atom is -0.461 e. The zero-order valence-corrected chi connectivity index (χ0v) is 61.4. The van der Waals surface area contributed by atoms with Crippen LogP contribution in [0.15, 0.2) is 12.2 Å². The summed E-state index contributed by atoms with van der Waals surface area (Å²) in [7, 11) is 8.02. The van der Waals surface area contributed by atoms with Gasteiger partial charge in [0.1, 0.15) is 51.1 Å². The fourth-order valence-electron chi connectivity index (χ4n) is 11.2. The van der Waals surface area contributed by atoms with Crippen LogP contribution in [-0.4, -0.2) is 158 Å². The van der Waals surface area contributed by atoms with Crippen LogP contribution >= 0.6 is 23.5 Å². The van der Waals surface area contributed by atoms with Gasteiger partial charge in [-0.25, -0.2) is 0 Å². The topological polar surface area (TPSA) is 152 Å². The van der Waals surface area contributed by atoms with E-state index in [4.69, 9.17) is 18.9 Å². The highest BCUT2D eigenvalue weighted by atomic mass is 32.2. The molecule has 0 rings (SSSR count). The Hall–Kier alpha value is -2.82. The summed E-state index contributed by atoms with van der Waals surface area (Å²) in [6.45, 7) is 11.8. The van der Waals surface area contributed by atoms with E-state index in [1.165, 1.54) is 156 Å². The monoisotopic (exact) mass is 1310 g/mol. The average molecular weight is 1310 g/mol. The van der Waals surface area contributed by atoms with E-state index in [9.17, 15) is 28.8 Å². The van der Waals surface area contributed by atoms with Crippen molar-refractivity contribution in [3.8, 4) is 0 Å². The molecule has 1 atom stereocenters. The van der Waals surface area contributed by atoms with Crippen molar-refractivity contribution in [1.82, 2.24) is 19.6 Å². The summed E-state index contributed by atoms with van der Waals surface area (Å²) in [5, 5.41) is -0.582. The van der Waals surface area contributed by atoms with Gasteiger partial charge >= 0.3 is 23.9 Å². The van der Waals surface area contributed by atoms with Crippen LogP contribution < -0.4 is 0 Å². The normalized spacial score (nSPS) is 12.0. The number of thioether (sulfide) groups is 2. The fourth-order valence-corrected chi connectivity index (χ4v) is 12.7. The van der Waals surface area contributed by atoms with Crippen LogP contribution in [0.3, 0.4) is 0 Å². The molecule has 0 fully saturated rings. The maximum Gasteiger partial charge on any atom is 0.326 e. The van der Waals surface area contributed by atoms with Crippen molar-refractivity contribution in [1.29, 1.82) is 0 Å². The van der Waals surface area contributed by atoms with E-state index in [1.54, 1.807) is 0 Å². The van der Waals surface area contributed by atoms with Gasteiger partial charge in [-0.05, 0) is 144 Å². The first-order valence-corrected chi connectivity index (χ1v) is 39.2. The molecule has 0 heterocycles. The number of carbonyl (C=O) groups excluding carboxylic acids is 6. The van der Waals surface area contributed by atoms with Crippen molar-refractivity contribution in [2.75, 3.05) is 85.6 Å². The fraction of sp³-hybridized carbons (Fsp3) is 0.892. The number of unbranched alkanes of at least 4 members (excludes halogenated alkanes) is 31. The Kier molecular flexibility index (Phi) is 62.8. The molecule has 0 N–H and O–H groups in total. The van der Waals surface area contributed by atoms with Crippen LogP contribution in [-0.2, 0) is 38.1 Å². The molecule has 1 unspecified atom stereocenters. The van der Waals surface area contributed by atoms with Gasteiger partial charge in [-0.15, -0.1) is 0 Å². The maximum atomic E-state index is 13.7. The molecular weight excluding hydrogens is 1170 g/mol. The van der Waals surface area contributed by atoms with Crippen LogP contribution in [0, 0.1) is 0 Å². The highest BCUT2D eigenvalue weighted by Crippen LogP contribution is 2.23. The van der Waals surface area contributed by atoms with E-state index in [0.29, 0.717) is 11.5 Å². The van der Waals surface area contributed by atoms with Gasteiger partial charge in [-0.3, -0.25) is 28.8 Å².